The molecule has 0 spiro atoms. The maximum Gasteiger partial charge on any atom is 0.310 e. The first-order valence-electron chi connectivity index (χ1n) is 9.08. The van der Waals surface area contributed by atoms with Crippen molar-refractivity contribution in [1.82, 2.24) is 4.98 Å². The molecule has 2 aromatic rings. The van der Waals surface area contributed by atoms with Crippen molar-refractivity contribution in [2.75, 3.05) is 31.2 Å². The zero-order valence-electron chi connectivity index (χ0n) is 15.2. The number of ether oxygens (including phenoxy) is 2. The van der Waals surface area contributed by atoms with Crippen LogP contribution in [0.4, 0.5) is 5.69 Å². The van der Waals surface area contributed by atoms with Gasteiger partial charge in [-0.15, -0.1) is 0 Å². The molecule has 1 saturated heterocycles. The van der Waals surface area contributed by atoms with Gasteiger partial charge in [0, 0.05) is 29.9 Å². The van der Waals surface area contributed by atoms with E-state index in [1.165, 1.54) is 0 Å². The minimum absolute atomic E-state index is 0.0627. The summed E-state index contributed by atoms with van der Waals surface area (Å²) in [5.74, 6) is 0.699. The van der Waals surface area contributed by atoms with E-state index in [9.17, 15) is 4.79 Å². The van der Waals surface area contributed by atoms with Gasteiger partial charge in [0.1, 0.15) is 5.75 Å². The van der Waals surface area contributed by atoms with E-state index in [0.717, 1.165) is 47.4 Å². The van der Waals surface area contributed by atoms with E-state index < -0.39 is 0 Å². The van der Waals surface area contributed by atoms with Crippen LogP contribution in [0.25, 0.3) is 10.9 Å². The van der Waals surface area contributed by atoms with E-state index in [1.807, 2.05) is 32.9 Å². The van der Waals surface area contributed by atoms with Crippen molar-refractivity contribution in [3.8, 4) is 5.75 Å². The second-order valence-corrected chi connectivity index (χ2v) is 6.43. The molecule has 5 heteroatoms. The van der Waals surface area contributed by atoms with Gasteiger partial charge in [-0.05, 0) is 57.9 Å². The Morgan fingerprint density at radius 3 is 2.88 bits per heavy atom. The zero-order chi connectivity index (χ0) is 17.8. The summed E-state index contributed by atoms with van der Waals surface area (Å²) in [6, 6.07) is 8.11. The summed E-state index contributed by atoms with van der Waals surface area (Å²) in [4.78, 5) is 19.1. The number of piperidine rings is 1. The average molecular weight is 342 g/mol. The Morgan fingerprint density at radius 2 is 2.12 bits per heavy atom. The molecule has 25 heavy (non-hydrogen) atoms. The largest absolute Gasteiger partial charge is 0.494 e. The normalized spacial score (nSPS) is 17.6. The predicted molar refractivity (Wildman–Crippen MR) is 99.2 cm³/mol. The maximum absolute atomic E-state index is 12.2. The Hall–Kier alpha value is -2.30. The summed E-state index contributed by atoms with van der Waals surface area (Å²) in [6.07, 6.45) is 1.87. The monoisotopic (exact) mass is 342 g/mol. The first-order valence-corrected chi connectivity index (χ1v) is 9.08. The zero-order valence-corrected chi connectivity index (χ0v) is 15.2. The highest BCUT2D eigenvalue weighted by Crippen LogP contribution is 2.33. The van der Waals surface area contributed by atoms with Gasteiger partial charge in [-0.2, -0.15) is 0 Å². The fraction of sp³-hybridized carbons (Fsp3) is 0.500. The first-order chi connectivity index (χ1) is 12.1. The number of benzene rings is 1. The topological polar surface area (TPSA) is 51.7 Å². The first kappa shape index (κ1) is 17.5. The SMILES string of the molecule is CCOC(=O)C1CCCN(c2cc(C)nc3ccc(OCC)cc23)C1. The van der Waals surface area contributed by atoms with Crippen LogP contribution in [0.5, 0.6) is 5.75 Å². The Balaban J connectivity index is 1.95. The van der Waals surface area contributed by atoms with Gasteiger partial charge in [0.15, 0.2) is 0 Å². The standard InChI is InChI=1S/C20H26N2O3/c1-4-24-16-8-9-18-17(12-16)19(11-14(3)21-18)22-10-6-7-15(13-22)20(23)25-5-2/h8-9,11-12,15H,4-7,10,13H2,1-3H3. The quantitative estimate of drug-likeness (QED) is 0.775. The molecule has 134 valence electrons. The third-order valence-electron chi connectivity index (χ3n) is 4.58. The molecule has 0 bridgehead atoms. The van der Waals surface area contributed by atoms with Crippen LogP contribution in [0.2, 0.25) is 0 Å². The number of aryl methyl sites for hydroxylation is 1. The molecule has 2 heterocycles. The van der Waals surface area contributed by atoms with Crippen molar-refractivity contribution >= 4 is 22.6 Å². The highest BCUT2D eigenvalue weighted by Gasteiger charge is 2.28. The number of rotatable bonds is 5. The molecule has 1 aliphatic heterocycles. The number of aromatic nitrogens is 1. The highest BCUT2D eigenvalue weighted by molar-refractivity contribution is 5.93. The minimum Gasteiger partial charge on any atom is -0.494 e. The predicted octanol–water partition coefficient (Wildman–Crippen LogP) is 3.72. The summed E-state index contributed by atoms with van der Waals surface area (Å²) in [5, 5.41) is 1.07. The van der Waals surface area contributed by atoms with Gasteiger partial charge in [-0.3, -0.25) is 9.78 Å². The number of anilines is 1. The van der Waals surface area contributed by atoms with E-state index in [1.54, 1.807) is 0 Å². The fourth-order valence-corrected chi connectivity index (χ4v) is 3.48. The molecule has 1 aromatic carbocycles. The molecular weight excluding hydrogens is 316 g/mol. The smallest absolute Gasteiger partial charge is 0.310 e. The third-order valence-corrected chi connectivity index (χ3v) is 4.58. The van der Waals surface area contributed by atoms with Crippen LogP contribution >= 0.6 is 0 Å². The Kier molecular flexibility index (Phi) is 5.41. The van der Waals surface area contributed by atoms with E-state index in [0.29, 0.717) is 19.8 Å². The van der Waals surface area contributed by atoms with E-state index in [4.69, 9.17) is 9.47 Å². The molecule has 0 radical (unpaired) electrons. The lowest BCUT2D eigenvalue weighted by Crippen LogP contribution is -2.39. The van der Waals surface area contributed by atoms with Crippen LogP contribution in [-0.2, 0) is 9.53 Å². The minimum atomic E-state index is -0.0858. The third kappa shape index (κ3) is 3.86. The van der Waals surface area contributed by atoms with Crippen LogP contribution in [0.3, 0.4) is 0 Å². The van der Waals surface area contributed by atoms with E-state index in [-0.39, 0.29) is 11.9 Å². The fourth-order valence-electron chi connectivity index (χ4n) is 3.48. The lowest BCUT2D eigenvalue weighted by atomic mass is 9.97. The van der Waals surface area contributed by atoms with Crippen LogP contribution in [0, 0.1) is 12.8 Å². The van der Waals surface area contributed by atoms with Gasteiger partial charge in [-0.1, -0.05) is 0 Å². The van der Waals surface area contributed by atoms with E-state index >= 15 is 0 Å². The van der Waals surface area contributed by atoms with Gasteiger partial charge in [-0.25, -0.2) is 0 Å². The van der Waals surface area contributed by atoms with Crippen molar-refractivity contribution < 1.29 is 14.3 Å². The lowest BCUT2D eigenvalue weighted by molar-refractivity contribution is -0.148. The number of nitrogens with zero attached hydrogens (tertiary/aromatic N) is 2. The van der Waals surface area contributed by atoms with Gasteiger partial charge < -0.3 is 14.4 Å². The Labute approximate surface area is 148 Å². The lowest BCUT2D eigenvalue weighted by Gasteiger charge is -2.34. The molecule has 5 nitrogen and oxygen atoms in total. The second kappa shape index (κ2) is 7.72. The van der Waals surface area contributed by atoms with Gasteiger partial charge in [0.05, 0.1) is 24.6 Å². The van der Waals surface area contributed by atoms with Crippen molar-refractivity contribution in [3.05, 3.63) is 30.0 Å². The van der Waals surface area contributed by atoms with Crippen LogP contribution < -0.4 is 9.64 Å². The van der Waals surface area contributed by atoms with Gasteiger partial charge >= 0.3 is 5.97 Å². The summed E-state index contributed by atoms with van der Waals surface area (Å²) in [5.41, 5.74) is 3.06. The van der Waals surface area contributed by atoms with Gasteiger partial charge in [0.25, 0.3) is 0 Å². The second-order valence-electron chi connectivity index (χ2n) is 6.43. The molecule has 0 N–H and O–H groups in total. The number of fused-ring (bicyclic) bond motifs is 1. The molecule has 1 aliphatic rings. The molecule has 3 rings (SSSR count). The average Bonchev–Trinajstić information content (AvgIpc) is 2.62. The summed E-state index contributed by atoms with van der Waals surface area (Å²) in [6.45, 7) is 8.54. The molecule has 1 unspecified atom stereocenters. The van der Waals surface area contributed by atoms with E-state index in [2.05, 4.69) is 22.0 Å². The number of hydrogen-bond donors (Lipinski definition) is 0. The molecular formula is C20H26N2O3. The highest BCUT2D eigenvalue weighted by atomic mass is 16.5. The van der Waals surface area contributed by atoms with Crippen molar-refractivity contribution in [2.24, 2.45) is 5.92 Å². The number of hydrogen-bond acceptors (Lipinski definition) is 5. The van der Waals surface area contributed by atoms with Crippen LogP contribution in [0.1, 0.15) is 32.4 Å². The molecule has 0 saturated carbocycles. The number of carbonyl (C=O) groups excluding carboxylic acids is 1. The summed E-state index contributed by atoms with van der Waals surface area (Å²) >= 11 is 0. The molecule has 1 aromatic heterocycles. The van der Waals surface area contributed by atoms with Crippen molar-refractivity contribution in [3.63, 3.8) is 0 Å². The number of esters is 1. The Bertz CT molecular complexity index is 760. The summed E-state index contributed by atoms with van der Waals surface area (Å²) in [7, 11) is 0. The molecule has 1 atom stereocenters. The number of carbonyl (C=O) groups is 1. The molecule has 0 aliphatic carbocycles. The van der Waals surface area contributed by atoms with Crippen LogP contribution in [0.15, 0.2) is 24.3 Å². The summed E-state index contributed by atoms with van der Waals surface area (Å²) < 4.78 is 10.9. The maximum atomic E-state index is 12.2. The van der Waals surface area contributed by atoms with Crippen molar-refractivity contribution in [1.29, 1.82) is 0 Å². The molecule has 1 fully saturated rings. The molecule has 0 amide bonds. The van der Waals surface area contributed by atoms with Crippen LogP contribution in [-0.4, -0.2) is 37.3 Å². The van der Waals surface area contributed by atoms with Gasteiger partial charge in [0.2, 0.25) is 0 Å². The number of pyridine rings is 1. The van der Waals surface area contributed by atoms with Crippen molar-refractivity contribution in [2.45, 2.75) is 33.6 Å². The Morgan fingerprint density at radius 1 is 1.28 bits per heavy atom.